The maximum absolute atomic E-state index is 13.7. The van der Waals surface area contributed by atoms with Gasteiger partial charge in [0.1, 0.15) is 17.9 Å². The van der Waals surface area contributed by atoms with Gasteiger partial charge in [0.2, 0.25) is 11.2 Å². The van der Waals surface area contributed by atoms with Gasteiger partial charge in [0, 0.05) is 16.1 Å². The fourth-order valence-electron chi connectivity index (χ4n) is 3.09. The van der Waals surface area contributed by atoms with Crippen molar-refractivity contribution >= 4 is 34.2 Å². The van der Waals surface area contributed by atoms with Crippen LogP contribution in [-0.2, 0) is 12.8 Å². The molecule has 8 heteroatoms. The molecule has 31 heavy (non-hydrogen) atoms. The summed E-state index contributed by atoms with van der Waals surface area (Å²) in [4.78, 5) is 13.0. The lowest BCUT2D eigenvalue weighted by atomic mass is 10.0. The third kappa shape index (κ3) is 4.55. The molecule has 1 heterocycles. The third-order valence-corrected chi connectivity index (χ3v) is 5.08. The Labute approximate surface area is 184 Å². The van der Waals surface area contributed by atoms with Crippen molar-refractivity contribution in [3.63, 3.8) is 0 Å². The minimum atomic E-state index is -4.87. The quantitative estimate of drug-likeness (QED) is 0.316. The summed E-state index contributed by atoms with van der Waals surface area (Å²) in [5.74, 6) is -1.11. The molecule has 0 aliphatic rings. The van der Waals surface area contributed by atoms with Crippen LogP contribution in [0.5, 0.6) is 5.75 Å². The van der Waals surface area contributed by atoms with E-state index in [1.807, 2.05) is 0 Å². The van der Waals surface area contributed by atoms with Gasteiger partial charge in [-0.3, -0.25) is 4.79 Å². The molecule has 0 atom stereocenters. The van der Waals surface area contributed by atoms with Gasteiger partial charge >= 0.3 is 6.18 Å². The summed E-state index contributed by atoms with van der Waals surface area (Å²) < 4.78 is 52.0. The van der Waals surface area contributed by atoms with Crippen molar-refractivity contribution in [2.75, 3.05) is 0 Å². The first-order chi connectivity index (χ1) is 14.7. The summed E-state index contributed by atoms with van der Waals surface area (Å²) >= 11 is 11.7. The zero-order chi connectivity index (χ0) is 22.2. The van der Waals surface area contributed by atoms with E-state index in [1.165, 1.54) is 42.5 Å². The molecule has 0 spiro atoms. The smallest absolute Gasteiger partial charge is 0.450 e. The van der Waals surface area contributed by atoms with Gasteiger partial charge in [-0.2, -0.15) is 13.2 Å². The average molecular weight is 465 g/mol. The predicted molar refractivity (Wildman–Crippen MR) is 114 cm³/mol. The number of halogens is 5. The van der Waals surface area contributed by atoms with E-state index >= 15 is 0 Å². The lowest BCUT2D eigenvalue weighted by molar-refractivity contribution is -0.152. The van der Waals surface area contributed by atoms with Crippen LogP contribution in [0.2, 0.25) is 10.0 Å². The third-order valence-electron chi connectivity index (χ3n) is 4.57. The first-order valence-corrected chi connectivity index (χ1v) is 9.79. The van der Waals surface area contributed by atoms with E-state index in [4.69, 9.17) is 32.4 Å². The Bertz CT molecular complexity index is 1300. The number of hydrogen-bond donors (Lipinski definition) is 0. The highest BCUT2D eigenvalue weighted by Crippen LogP contribution is 2.38. The molecule has 3 aromatic carbocycles. The van der Waals surface area contributed by atoms with Crippen LogP contribution in [0.15, 0.2) is 75.9 Å². The number of rotatable bonds is 4. The zero-order valence-electron chi connectivity index (χ0n) is 15.7. The lowest BCUT2D eigenvalue weighted by Gasteiger charge is -2.13. The molecule has 3 nitrogen and oxygen atoms in total. The molecule has 0 saturated carbocycles. The monoisotopic (exact) mass is 464 g/mol. The van der Waals surface area contributed by atoms with Crippen LogP contribution in [-0.4, -0.2) is 0 Å². The number of hydrogen-bond acceptors (Lipinski definition) is 3. The molecule has 158 valence electrons. The molecule has 4 rings (SSSR count). The highest BCUT2D eigenvalue weighted by molar-refractivity contribution is 6.30. The van der Waals surface area contributed by atoms with Crippen LogP contribution < -0.4 is 10.2 Å². The number of fused-ring (bicyclic) bond motifs is 1. The summed E-state index contributed by atoms with van der Waals surface area (Å²) in [7, 11) is 0. The maximum Gasteiger partial charge on any atom is 0.450 e. The van der Waals surface area contributed by atoms with Crippen molar-refractivity contribution in [3.8, 4) is 16.9 Å². The Balaban J connectivity index is 1.77. The van der Waals surface area contributed by atoms with Gasteiger partial charge in [-0.15, -0.1) is 0 Å². The topological polar surface area (TPSA) is 39.4 Å². The van der Waals surface area contributed by atoms with Crippen molar-refractivity contribution < 1.29 is 22.3 Å². The van der Waals surface area contributed by atoms with Gasteiger partial charge in [-0.25, -0.2) is 0 Å². The maximum atomic E-state index is 13.7. The average Bonchev–Trinajstić information content (AvgIpc) is 2.73. The number of benzene rings is 3. The zero-order valence-corrected chi connectivity index (χ0v) is 17.2. The second-order valence-electron chi connectivity index (χ2n) is 6.71. The van der Waals surface area contributed by atoms with Crippen molar-refractivity contribution in [1.82, 2.24) is 0 Å². The highest BCUT2D eigenvalue weighted by Gasteiger charge is 2.39. The van der Waals surface area contributed by atoms with E-state index in [-0.39, 0.29) is 28.9 Å². The first-order valence-electron chi connectivity index (χ1n) is 9.03. The molecule has 0 fully saturated rings. The van der Waals surface area contributed by atoms with Gasteiger partial charge in [0.15, 0.2) is 0 Å². The molecule has 0 saturated heterocycles. The normalized spacial score (nSPS) is 11.6. The molecule has 0 aliphatic heterocycles. The van der Waals surface area contributed by atoms with Crippen molar-refractivity contribution in [3.05, 3.63) is 98.3 Å². The Morgan fingerprint density at radius 3 is 2.10 bits per heavy atom. The molecule has 0 bridgehead atoms. The second kappa shape index (κ2) is 8.29. The van der Waals surface area contributed by atoms with E-state index in [2.05, 4.69) is 0 Å². The first kappa shape index (κ1) is 21.3. The highest BCUT2D eigenvalue weighted by atomic mass is 35.5. The van der Waals surface area contributed by atoms with Crippen LogP contribution in [0.4, 0.5) is 13.2 Å². The van der Waals surface area contributed by atoms with Gasteiger partial charge in [-0.05, 0) is 47.5 Å². The lowest BCUT2D eigenvalue weighted by Crippen LogP contribution is -2.16. The molecule has 0 radical (unpaired) electrons. The minimum Gasteiger partial charge on any atom is -0.489 e. The van der Waals surface area contributed by atoms with E-state index in [0.717, 1.165) is 5.56 Å². The van der Waals surface area contributed by atoms with Crippen LogP contribution in [0.25, 0.3) is 22.1 Å². The SMILES string of the molecule is O=c1c(-c2ccc(Cl)cc2)c(C(F)(F)F)oc2cc(OCc3ccc(Cl)cc3)ccc12. The Morgan fingerprint density at radius 1 is 0.871 bits per heavy atom. The van der Waals surface area contributed by atoms with Crippen LogP contribution in [0, 0.1) is 0 Å². The van der Waals surface area contributed by atoms with Crippen LogP contribution in [0.1, 0.15) is 11.3 Å². The standard InChI is InChI=1S/C23H13Cl2F3O3/c24-15-5-1-13(2-6-15)12-30-17-9-10-18-19(11-17)31-22(23(26,27)28)20(21(18)29)14-3-7-16(25)8-4-14/h1-11H,12H2. The predicted octanol–water partition coefficient (Wildman–Crippen LogP) is 7.36. The molecule has 0 N–H and O–H groups in total. The number of ether oxygens (including phenoxy) is 1. The van der Waals surface area contributed by atoms with Crippen LogP contribution >= 0.6 is 23.2 Å². The second-order valence-corrected chi connectivity index (χ2v) is 7.59. The van der Waals surface area contributed by atoms with Crippen molar-refractivity contribution in [2.45, 2.75) is 12.8 Å². The largest absolute Gasteiger partial charge is 0.489 e. The fraction of sp³-hybridized carbons (Fsp3) is 0.0870. The van der Waals surface area contributed by atoms with Crippen molar-refractivity contribution in [1.29, 1.82) is 0 Å². The summed E-state index contributed by atoms with van der Waals surface area (Å²) in [6.07, 6.45) is -4.87. The van der Waals surface area contributed by atoms with E-state index in [1.54, 1.807) is 24.3 Å². The summed E-state index contributed by atoms with van der Waals surface area (Å²) in [5.41, 5.74) is -0.689. The molecule has 1 aromatic heterocycles. The summed E-state index contributed by atoms with van der Waals surface area (Å²) in [6, 6.07) is 16.6. The Morgan fingerprint density at radius 2 is 1.48 bits per heavy atom. The summed E-state index contributed by atoms with van der Waals surface area (Å²) in [5, 5.41) is 0.925. The Hall–Kier alpha value is -2.96. The molecular weight excluding hydrogens is 452 g/mol. The van der Waals surface area contributed by atoms with E-state index in [9.17, 15) is 18.0 Å². The molecule has 0 aliphatic carbocycles. The van der Waals surface area contributed by atoms with Gasteiger partial charge < -0.3 is 9.15 Å². The van der Waals surface area contributed by atoms with E-state index in [0.29, 0.717) is 10.0 Å². The summed E-state index contributed by atoms with van der Waals surface area (Å²) in [6.45, 7) is 0.169. The van der Waals surface area contributed by atoms with Crippen molar-refractivity contribution in [2.24, 2.45) is 0 Å². The van der Waals surface area contributed by atoms with Crippen LogP contribution in [0.3, 0.4) is 0 Å². The van der Waals surface area contributed by atoms with Gasteiger partial charge in [0.05, 0.1) is 10.9 Å². The molecular formula is C23H13Cl2F3O3. The molecule has 0 unspecified atom stereocenters. The Kier molecular flexibility index (Phi) is 5.69. The molecule has 0 amide bonds. The fourth-order valence-corrected chi connectivity index (χ4v) is 3.34. The van der Waals surface area contributed by atoms with Gasteiger partial charge in [-0.1, -0.05) is 47.5 Å². The van der Waals surface area contributed by atoms with E-state index < -0.39 is 22.9 Å². The molecule has 4 aromatic rings. The minimum absolute atomic E-state index is 0.0109. The number of alkyl halides is 3. The van der Waals surface area contributed by atoms with Gasteiger partial charge in [0.25, 0.3) is 0 Å².